The molecule has 3 heterocycles. The van der Waals surface area contributed by atoms with E-state index < -0.39 is 0 Å². The van der Waals surface area contributed by atoms with Gasteiger partial charge in [-0.3, -0.25) is 4.99 Å². The zero-order chi connectivity index (χ0) is 21.5. The number of thiophene rings is 1. The van der Waals surface area contributed by atoms with Gasteiger partial charge in [-0.05, 0) is 48.9 Å². The largest absolute Gasteiger partial charge is 0.375 e. The minimum atomic E-state index is 0.237. The number of nitrogens with one attached hydrogen (secondary N) is 2. The van der Waals surface area contributed by atoms with Crippen LogP contribution in [0.15, 0.2) is 40.8 Å². The van der Waals surface area contributed by atoms with Crippen LogP contribution in [0.4, 0.5) is 5.82 Å². The van der Waals surface area contributed by atoms with E-state index in [0.717, 1.165) is 44.6 Å². The van der Waals surface area contributed by atoms with Crippen molar-refractivity contribution in [2.75, 3.05) is 38.2 Å². The first-order valence-electron chi connectivity index (χ1n) is 11.5. The molecule has 0 amide bonds. The summed E-state index contributed by atoms with van der Waals surface area (Å²) in [5.41, 5.74) is 1.44. The Bertz CT molecular complexity index is 847. The van der Waals surface area contributed by atoms with E-state index in [1.54, 1.807) is 0 Å². The SMILES string of the molecule is CN=C(NCc1ccnc(N2CCOC(C)C2)c1)NCC1(c2cccs2)CCCCC1. The first-order valence-corrected chi connectivity index (χ1v) is 12.4. The number of aliphatic imine (C=N–C) groups is 1. The number of hydrogen-bond acceptors (Lipinski definition) is 5. The summed E-state index contributed by atoms with van der Waals surface area (Å²) >= 11 is 1.89. The molecule has 1 aliphatic carbocycles. The van der Waals surface area contributed by atoms with Crippen LogP contribution in [0, 0.1) is 0 Å². The molecule has 2 aromatic rings. The molecule has 0 aromatic carbocycles. The van der Waals surface area contributed by atoms with Crippen molar-refractivity contribution in [2.45, 2.75) is 57.1 Å². The third kappa shape index (κ3) is 5.57. The highest BCUT2D eigenvalue weighted by Gasteiger charge is 2.34. The van der Waals surface area contributed by atoms with Crippen LogP contribution in [0.5, 0.6) is 0 Å². The number of guanidine groups is 1. The van der Waals surface area contributed by atoms with Gasteiger partial charge >= 0.3 is 0 Å². The Balaban J connectivity index is 1.35. The maximum atomic E-state index is 5.66. The van der Waals surface area contributed by atoms with Gasteiger partial charge < -0.3 is 20.3 Å². The van der Waals surface area contributed by atoms with Crippen molar-refractivity contribution in [2.24, 2.45) is 4.99 Å². The molecule has 2 aromatic heterocycles. The van der Waals surface area contributed by atoms with Gasteiger partial charge in [0, 0.05) is 49.7 Å². The Hall–Kier alpha value is -2.12. The summed E-state index contributed by atoms with van der Waals surface area (Å²) in [4.78, 5) is 12.9. The van der Waals surface area contributed by atoms with Gasteiger partial charge in [0.15, 0.2) is 5.96 Å². The predicted molar refractivity (Wildman–Crippen MR) is 129 cm³/mol. The Morgan fingerprint density at radius 3 is 2.90 bits per heavy atom. The molecule has 1 saturated heterocycles. The average molecular weight is 442 g/mol. The Morgan fingerprint density at radius 1 is 1.29 bits per heavy atom. The van der Waals surface area contributed by atoms with Crippen molar-refractivity contribution < 1.29 is 4.74 Å². The zero-order valence-corrected chi connectivity index (χ0v) is 19.6. The van der Waals surface area contributed by atoms with Crippen LogP contribution in [0.2, 0.25) is 0 Å². The monoisotopic (exact) mass is 441 g/mol. The molecule has 168 valence electrons. The van der Waals surface area contributed by atoms with Crippen LogP contribution in [0.25, 0.3) is 0 Å². The third-order valence-electron chi connectivity index (χ3n) is 6.51. The molecular formula is C24H35N5OS. The van der Waals surface area contributed by atoms with Gasteiger partial charge in [0.1, 0.15) is 5.82 Å². The smallest absolute Gasteiger partial charge is 0.191 e. The van der Waals surface area contributed by atoms with E-state index in [-0.39, 0.29) is 11.5 Å². The fourth-order valence-corrected chi connectivity index (χ4v) is 5.74. The Kier molecular flexibility index (Phi) is 7.45. The van der Waals surface area contributed by atoms with Crippen molar-refractivity contribution >= 4 is 23.1 Å². The summed E-state index contributed by atoms with van der Waals surface area (Å²) < 4.78 is 5.66. The summed E-state index contributed by atoms with van der Waals surface area (Å²) in [7, 11) is 1.85. The fourth-order valence-electron chi connectivity index (χ4n) is 4.75. The Labute approximate surface area is 190 Å². The highest BCUT2D eigenvalue weighted by Crippen LogP contribution is 2.41. The lowest BCUT2D eigenvalue weighted by atomic mass is 9.73. The van der Waals surface area contributed by atoms with E-state index in [1.807, 2.05) is 24.6 Å². The first-order chi connectivity index (χ1) is 15.2. The van der Waals surface area contributed by atoms with Crippen molar-refractivity contribution in [1.29, 1.82) is 0 Å². The van der Waals surface area contributed by atoms with E-state index in [9.17, 15) is 0 Å². The molecule has 2 aliphatic rings. The van der Waals surface area contributed by atoms with Crippen molar-refractivity contribution in [3.05, 3.63) is 46.3 Å². The van der Waals surface area contributed by atoms with Gasteiger partial charge in [-0.15, -0.1) is 11.3 Å². The molecule has 1 unspecified atom stereocenters. The minimum Gasteiger partial charge on any atom is -0.375 e. The molecule has 2 fully saturated rings. The number of ether oxygens (including phenoxy) is 1. The normalized spacial score (nSPS) is 21.7. The van der Waals surface area contributed by atoms with Crippen LogP contribution >= 0.6 is 11.3 Å². The standard InChI is InChI=1S/C24H35N5OS/c1-19-17-29(12-13-30-19)22-15-20(8-11-26-22)16-27-23(25-2)28-18-24(9-4-3-5-10-24)21-7-6-14-31-21/h6-8,11,14-15,19H,3-5,9-10,12-13,16-18H2,1-2H3,(H2,25,27,28). The Morgan fingerprint density at radius 2 is 2.16 bits per heavy atom. The average Bonchev–Trinajstić information content (AvgIpc) is 3.36. The van der Waals surface area contributed by atoms with E-state index in [2.05, 4.69) is 62.1 Å². The maximum absolute atomic E-state index is 5.66. The quantitative estimate of drug-likeness (QED) is 0.525. The van der Waals surface area contributed by atoms with E-state index in [0.29, 0.717) is 0 Å². The van der Waals surface area contributed by atoms with E-state index in [1.165, 1.54) is 42.5 Å². The molecule has 1 atom stereocenters. The molecule has 2 N–H and O–H groups in total. The molecule has 7 heteroatoms. The molecule has 6 nitrogen and oxygen atoms in total. The highest BCUT2D eigenvalue weighted by atomic mass is 32.1. The van der Waals surface area contributed by atoms with Gasteiger partial charge in [0.2, 0.25) is 0 Å². The molecule has 31 heavy (non-hydrogen) atoms. The molecule has 1 saturated carbocycles. The van der Waals surface area contributed by atoms with Gasteiger partial charge in [0.05, 0.1) is 12.7 Å². The number of nitrogens with zero attached hydrogens (tertiary/aromatic N) is 3. The van der Waals surface area contributed by atoms with Crippen molar-refractivity contribution in [3.63, 3.8) is 0 Å². The number of anilines is 1. The molecule has 0 spiro atoms. The lowest BCUT2D eigenvalue weighted by Crippen LogP contribution is -2.46. The molecular weight excluding hydrogens is 406 g/mol. The number of hydrogen-bond donors (Lipinski definition) is 2. The molecule has 0 radical (unpaired) electrons. The topological polar surface area (TPSA) is 61.8 Å². The number of pyridine rings is 1. The second kappa shape index (κ2) is 10.5. The van der Waals surface area contributed by atoms with Gasteiger partial charge in [-0.2, -0.15) is 0 Å². The molecule has 4 rings (SSSR count). The summed E-state index contributed by atoms with van der Waals surface area (Å²) in [6.07, 6.45) is 8.63. The zero-order valence-electron chi connectivity index (χ0n) is 18.8. The second-order valence-corrected chi connectivity index (χ2v) is 9.70. The third-order valence-corrected chi connectivity index (χ3v) is 7.62. The predicted octanol–water partition coefficient (Wildman–Crippen LogP) is 3.94. The summed E-state index contributed by atoms with van der Waals surface area (Å²) in [5.74, 6) is 1.89. The van der Waals surface area contributed by atoms with E-state index >= 15 is 0 Å². The van der Waals surface area contributed by atoms with Crippen LogP contribution in [0.3, 0.4) is 0 Å². The summed E-state index contributed by atoms with van der Waals surface area (Å²) in [6.45, 7) is 6.30. The molecule has 0 bridgehead atoms. The summed E-state index contributed by atoms with van der Waals surface area (Å²) in [6, 6.07) is 8.73. The van der Waals surface area contributed by atoms with Gasteiger partial charge in [-0.1, -0.05) is 25.3 Å². The number of rotatable bonds is 6. The summed E-state index contributed by atoms with van der Waals surface area (Å²) in [5, 5.41) is 9.33. The lowest BCUT2D eigenvalue weighted by Gasteiger charge is -2.37. The highest BCUT2D eigenvalue weighted by molar-refractivity contribution is 7.10. The van der Waals surface area contributed by atoms with Crippen LogP contribution in [-0.4, -0.2) is 50.3 Å². The van der Waals surface area contributed by atoms with Crippen molar-refractivity contribution in [3.8, 4) is 0 Å². The van der Waals surface area contributed by atoms with E-state index in [4.69, 9.17) is 4.74 Å². The van der Waals surface area contributed by atoms with Crippen LogP contribution in [0.1, 0.15) is 49.5 Å². The number of aromatic nitrogens is 1. The first kappa shape index (κ1) is 22.1. The minimum absolute atomic E-state index is 0.237. The van der Waals surface area contributed by atoms with Crippen LogP contribution < -0.4 is 15.5 Å². The fraction of sp³-hybridized carbons (Fsp3) is 0.583. The van der Waals surface area contributed by atoms with Crippen molar-refractivity contribution in [1.82, 2.24) is 15.6 Å². The second-order valence-electron chi connectivity index (χ2n) is 8.75. The number of morpholine rings is 1. The van der Waals surface area contributed by atoms with Gasteiger partial charge in [-0.25, -0.2) is 4.98 Å². The molecule has 1 aliphatic heterocycles. The lowest BCUT2D eigenvalue weighted by molar-refractivity contribution is 0.0529. The maximum Gasteiger partial charge on any atom is 0.191 e. The van der Waals surface area contributed by atoms with Gasteiger partial charge in [0.25, 0.3) is 0 Å². The van der Waals surface area contributed by atoms with Crippen LogP contribution in [-0.2, 0) is 16.7 Å².